The van der Waals surface area contributed by atoms with Crippen molar-refractivity contribution in [3.8, 4) is 5.75 Å². The molecule has 1 aromatic carbocycles. The van der Waals surface area contributed by atoms with Gasteiger partial charge in [0.15, 0.2) is 11.9 Å². The number of carbonyl (C=O) groups excluding carboxylic acids is 3. The van der Waals surface area contributed by atoms with Crippen molar-refractivity contribution in [3.05, 3.63) is 68.8 Å². The number of nitrogens with zero attached hydrogens (tertiary/aromatic N) is 2. The molecule has 2 aromatic rings. The molecular weight excluding hydrogens is 702 g/mol. The van der Waals surface area contributed by atoms with Gasteiger partial charge in [0.1, 0.15) is 17.2 Å². The monoisotopic (exact) mass is 723 g/mol. The van der Waals surface area contributed by atoms with Crippen molar-refractivity contribution >= 4 is 17.9 Å². The molecule has 1 fully saturated rings. The third-order valence-corrected chi connectivity index (χ3v) is 5.75. The number of fused-ring (bicyclic) bond motifs is 2. The topological polar surface area (TPSA) is 140 Å². The molecule has 1 saturated heterocycles. The number of nitrogens with one attached hydrogen (secondary N) is 2. The predicted octanol–water partition coefficient (Wildman–Crippen LogP) is 2.17. The van der Waals surface area contributed by atoms with Crippen LogP contribution in [0.4, 0.5) is 13.6 Å². The quantitative estimate of drug-likeness (QED) is 0.451. The van der Waals surface area contributed by atoms with Crippen LogP contribution in [0, 0.1) is 51.6 Å². The fourth-order valence-electron chi connectivity index (χ4n) is 4.02. The third-order valence-electron chi connectivity index (χ3n) is 5.75. The Morgan fingerprint density at radius 2 is 2.03 bits per heavy atom. The minimum absolute atomic E-state index is 0. The molecule has 190 valence electrons. The molecule has 2 atom stereocenters. The average molecular weight is 723 g/mol. The van der Waals surface area contributed by atoms with Crippen LogP contribution < -0.4 is 15.5 Å². The summed E-state index contributed by atoms with van der Waals surface area (Å²) in [5.74, 6) is -3.66. The van der Waals surface area contributed by atoms with Gasteiger partial charge >= 0.3 is 0 Å². The van der Waals surface area contributed by atoms with Gasteiger partial charge < -0.3 is 34.7 Å². The number of benzene rings is 1. The van der Waals surface area contributed by atoms with Crippen LogP contribution in [0.1, 0.15) is 39.8 Å². The smallest absolute Gasteiger partial charge is 0.276 e. The van der Waals surface area contributed by atoms with Gasteiger partial charge in [0.05, 0.1) is 13.2 Å². The molecule has 2 aliphatic heterocycles. The molecule has 0 bridgehead atoms. The van der Waals surface area contributed by atoms with E-state index in [1.165, 1.54) is 15.7 Å². The van der Waals surface area contributed by atoms with Gasteiger partial charge in [-0.05, 0) is 19.4 Å². The molecule has 3 heterocycles. The Morgan fingerprint density at radius 1 is 1.28 bits per heavy atom. The molecule has 0 saturated carbocycles. The predicted molar refractivity (Wildman–Crippen MR) is 115 cm³/mol. The second-order valence-corrected chi connectivity index (χ2v) is 7.99. The fraction of sp³-hybridized carbons (Fsp3) is 0.364. The molecule has 2 aliphatic rings. The minimum atomic E-state index is -1.42. The van der Waals surface area contributed by atoms with E-state index in [1.807, 2.05) is 6.92 Å². The van der Waals surface area contributed by atoms with Gasteiger partial charge in [-0.1, -0.05) is 6.07 Å². The van der Waals surface area contributed by atoms with E-state index in [0.717, 1.165) is 12.1 Å². The van der Waals surface area contributed by atoms with E-state index in [1.54, 1.807) is 0 Å². The van der Waals surface area contributed by atoms with Crippen LogP contribution in [0.3, 0.4) is 0 Å². The minimum Gasteiger partial charge on any atom is -0.632 e. The Balaban J connectivity index is 0.00000361. The van der Waals surface area contributed by atoms with Crippen LogP contribution in [0.5, 0.6) is 5.75 Å². The van der Waals surface area contributed by atoms with Crippen molar-refractivity contribution < 1.29 is 77.3 Å². The number of rotatable bonds is 6. The van der Waals surface area contributed by atoms with Crippen molar-refractivity contribution in [2.75, 3.05) is 13.4 Å². The number of ether oxygens (including phenoxy) is 3. The molecule has 0 radical (unpaired) electrons. The molecular formula is C22H21F2N4O7Th-. The van der Waals surface area contributed by atoms with Gasteiger partial charge in [-0.3, -0.25) is 19.2 Å². The number of halogens is 2. The Labute approximate surface area is 235 Å². The zero-order valence-corrected chi connectivity index (χ0v) is 23.1. The molecule has 36 heavy (non-hydrogen) atoms. The molecule has 2 N–H and O–H groups in total. The first-order valence-corrected chi connectivity index (χ1v) is 10.6. The van der Waals surface area contributed by atoms with E-state index in [0.29, 0.717) is 19.1 Å². The van der Waals surface area contributed by atoms with Crippen molar-refractivity contribution in [1.82, 2.24) is 14.8 Å². The maximum Gasteiger partial charge on any atom is 0.276 e. The SMILES string of the molecule is C[C@@H]1CCO[C@H]2Cn3cc(C(=O)NCc4ccc(F)cc4F)c(=O)c(OCOC([NH-])=O)c3C(=O)N12.[Th]. The Kier molecular flexibility index (Phi) is 8.98. The average Bonchev–Trinajstić information content (AvgIpc) is 2.79. The number of aromatic nitrogens is 1. The van der Waals surface area contributed by atoms with Crippen LogP contribution in [-0.2, 0) is 22.6 Å². The zero-order chi connectivity index (χ0) is 25.3. The summed E-state index contributed by atoms with van der Waals surface area (Å²) in [7, 11) is 0. The summed E-state index contributed by atoms with van der Waals surface area (Å²) >= 11 is 0. The standard InChI is InChI=1S/C22H22F2N4O7.Th/c1-11-4-5-33-16-9-27-8-14(20(30)26-7-12-2-3-13(23)6-15(12)24)18(29)19(34-10-35-22(25)32)17(27)21(31)28(11)16;/h2-3,6,8,11,16H,4-5,7,9-10H2,1H3,(H3,25,26,30,32);/p-1/t11-,16+;/m1./s1. The van der Waals surface area contributed by atoms with E-state index >= 15 is 0 Å². The molecule has 14 heteroatoms. The summed E-state index contributed by atoms with van der Waals surface area (Å²) in [6.45, 7) is 1.17. The van der Waals surface area contributed by atoms with Gasteiger partial charge in [-0.2, -0.15) is 0 Å². The second-order valence-electron chi connectivity index (χ2n) is 7.99. The van der Waals surface area contributed by atoms with Gasteiger partial charge in [0, 0.05) is 70.4 Å². The van der Waals surface area contributed by atoms with Crippen LogP contribution in [0.2, 0.25) is 0 Å². The Bertz CT molecular complexity index is 1260. The molecule has 3 amide bonds. The van der Waals surface area contributed by atoms with E-state index in [9.17, 15) is 28.0 Å². The Morgan fingerprint density at radius 3 is 2.72 bits per heavy atom. The molecule has 0 spiro atoms. The number of carbonyl (C=O) groups is 3. The van der Waals surface area contributed by atoms with E-state index in [-0.39, 0.29) is 70.3 Å². The summed E-state index contributed by atoms with van der Waals surface area (Å²) < 4.78 is 43.7. The van der Waals surface area contributed by atoms with Crippen molar-refractivity contribution in [2.24, 2.45) is 0 Å². The largest absolute Gasteiger partial charge is 0.632 e. The summed E-state index contributed by atoms with van der Waals surface area (Å²) in [5.41, 5.74) is 5.26. The fourth-order valence-corrected chi connectivity index (χ4v) is 4.02. The van der Waals surface area contributed by atoms with Crippen LogP contribution in [0.25, 0.3) is 5.73 Å². The molecule has 4 rings (SSSR count). The third kappa shape index (κ3) is 5.66. The van der Waals surface area contributed by atoms with Crippen molar-refractivity contribution in [3.63, 3.8) is 0 Å². The van der Waals surface area contributed by atoms with E-state index in [4.69, 9.17) is 15.2 Å². The van der Waals surface area contributed by atoms with Gasteiger partial charge in [-0.25, -0.2) is 8.78 Å². The summed E-state index contributed by atoms with van der Waals surface area (Å²) in [6.07, 6.45) is -0.294. The van der Waals surface area contributed by atoms with Crippen molar-refractivity contribution in [1.29, 1.82) is 0 Å². The molecule has 0 aliphatic carbocycles. The van der Waals surface area contributed by atoms with Crippen molar-refractivity contribution in [2.45, 2.75) is 38.7 Å². The molecule has 11 nitrogen and oxygen atoms in total. The van der Waals surface area contributed by atoms with Gasteiger partial charge in [-0.15, -0.1) is 0 Å². The number of hydrogen-bond donors (Lipinski definition) is 1. The summed E-state index contributed by atoms with van der Waals surface area (Å²) in [4.78, 5) is 51.6. The summed E-state index contributed by atoms with van der Waals surface area (Å²) in [6, 6.07) is 2.67. The van der Waals surface area contributed by atoms with E-state index < -0.39 is 59.3 Å². The molecule has 0 unspecified atom stereocenters. The number of pyridine rings is 1. The normalized spacial score (nSPS) is 18.4. The molecule has 1 aromatic heterocycles. The van der Waals surface area contributed by atoms with Crippen LogP contribution >= 0.6 is 0 Å². The zero-order valence-electron chi connectivity index (χ0n) is 19.0. The summed E-state index contributed by atoms with van der Waals surface area (Å²) in [5, 5.41) is 2.39. The number of amides is 3. The second kappa shape index (κ2) is 11.6. The van der Waals surface area contributed by atoms with Crippen LogP contribution in [0.15, 0.2) is 29.2 Å². The maximum atomic E-state index is 13.9. The van der Waals surface area contributed by atoms with Gasteiger partial charge in [0.2, 0.25) is 24.1 Å². The first kappa shape index (κ1) is 27.9. The first-order valence-electron chi connectivity index (χ1n) is 10.6. The van der Waals surface area contributed by atoms with Crippen LogP contribution in [-0.4, -0.2) is 53.0 Å². The van der Waals surface area contributed by atoms with Gasteiger partial charge in [0.25, 0.3) is 11.8 Å². The van der Waals surface area contributed by atoms with E-state index in [2.05, 4.69) is 10.1 Å². The maximum absolute atomic E-state index is 13.9. The Hall–Kier alpha value is -2.68. The number of hydrogen-bond acceptors (Lipinski definition) is 7. The first-order chi connectivity index (χ1) is 16.7.